The van der Waals surface area contributed by atoms with Gasteiger partial charge in [0.25, 0.3) is 0 Å². The van der Waals surface area contributed by atoms with Gasteiger partial charge in [-0.3, -0.25) is 4.79 Å². The molecule has 0 atom stereocenters. The van der Waals surface area contributed by atoms with Crippen LogP contribution < -0.4 is 0 Å². The van der Waals surface area contributed by atoms with Gasteiger partial charge in [-0.25, -0.2) is 22.0 Å². The molecule has 0 aliphatic carbocycles. The minimum atomic E-state index is -2.22. The quantitative estimate of drug-likeness (QED) is 0.347. The van der Waals surface area contributed by atoms with Crippen molar-refractivity contribution in [3.8, 4) is 0 Å². The normalized spacial score (nSPS) is 11.7. The van der Waals surface area contributed by atoms with Crippen molar-refractivity contribution < 1.29 is 26.7 Å². The van der Waals surface area contributed by atoms with Crippen LogP contribution in [0.3, 0.4) is 0 Å². The Morgan fingerprint density at radius 2 is 1.35 bits per heavy atom. The second-order valence-electron chi connectivity index (χ2n) is 4.86. The number of ketones is 1. The Kier molecular flexibility index (Phi) is 4.93. The van der Waals surface area contributed by atoms with Gasteiger partial charge in [0.05, 0.1) is 0 Å². The summed E-state index contributed by atoms with van der Waals surface area (Å²) in [4.78, 5) is 11.6. The van der Waals surface area contributed by atoms with Gasteiger partial charge in [-0.2, -0.15) is 0 Å². The first-order chi connectivity index (χ1) is 10.8. The Bertz CT molecular complexity index is 752. The second kappa shape index (κ2) is 6.73. The maximum absolute atomic E-state index is 13.7. The average molecular weight is 326 g/mol. The molecule has 0 aromatic heterocycles. The number of carbonyl (C=O) groups excluding carboxylic acids is 1. The average Bonchev–Trinajstić information content (AvgIpc) is 2.54. The zero-order valence-corrected chi connectivity index (χ0v) is 12.0. The number of carbonyl (C=O) groups is 1. The van der Waals surface area contributed by atoms with Crippen molar-refractivity contribution in [3.63, 3.8) is 0 Å². The molecule has 0 unspecified atom stereocenters. The molecule has 0 fully saturated rings. The lowest BCUT2D eigenvalue weighted by Crippen LogP contribution is -2.10. The SMILES string of the molecule is CC(=O)/C(=C/c1ccccc1)Cc1c(F)c(F)c(F)c(F)c1F. The van der Waals surface area contributed by atoms with Gasteiger partial charge in [0.1, 0.15) is 0 Å². The highest BCUT2D eigenvalue weighted by atomic mass is 19.2. The van der Waals surface area contributed by atoms with Crippen LogP contribution in [0.4, 0.5) is 22.0 Å². The minimum absolute atomic E-state index is 0.0700. The Morgan fingerprint density at radius 1 is 0.870 bits per heavy atom. The molecule has 0 heterocycles. The van der Waals surface area contributed by atoms with E-state index in [1.165, 1.54) is 6.08 Å². The van der Waals surface area contributed by atoms with E-state index in [2.05, 4.69) is 0 Å². The third-order valence-electron chi connectivity index (χ3n) is 3.26. The molecule has 2 aromatic carbocycles. The highest BCUT2D eigenvalue weighted by Crippen LogP contribution is 2.26. The molecular weight excluding hydrogens is 315 g/mol. The van der Waals surface area contributed by atoms with Crippen LogP contribution in [0.15, 0.2) is 35.9 Å². The third kappa shape index (κ3) is 3.47. The second-order valence-corrected chi connectivity index (χ2v) is 4.86. The fourth-order valence-corrected chi connectivity index (χ4v) is 2.02. The lowest BCUT2D eigenvalue weighted by atomic mass is 9.98. The molecule has 0 radical (unpaired) electrons. The van der Waals surface area contributed by atoms with Gasteiger partial charge in [-0.15, -0.1) is 0 Å². The standard InChI is InChI=1S/C17H11F5O/c1-9(23)11(7-10-5-3-2-4-6-10)8-12-13(18)15(20)17(22)16(21)14(12)19/h2-7H,8H2,1H3/b11-7+. The van der Waals surface area contributed by atoms with Gasteiger partial charge < -0.3 is 0 Å². The number of Topliss-reactive ketones (excluding diaryl/α,β-unsaturated/α-hetero) is 1. The summed E-state index contributed by atoms with van der Waals surface area (Å²) in [5.74, 6) is -10.7. The Balaban J connectivity index is 2.51. The first kappa shape index (κ1) is 16.9. The molecule has 0 saturated heterocycles. The van der Waals surface area contributed by atoms with E-state index >= 15 is 0 Å². The fraction of sp³-hybridized carbons (Fsp3) is 0.118. The van der Waals surface area contributed by atoms with Crippen LogP contribution in [0, 0.1) is 29.1 Å². The van der Waals surface area contributed by atoms with E-state index < -0.39 is 46.9 Å². The van der Waals surface area contributed by atoms with Crippen LogP contribution in [0.25, 0.3) is 6.08 Å². The fourth-order valence-electron chi connectivity index (χ4n) is 2.02. The topological polar surface area (TPSA) is 17.1 Å². The molecule has 0 N–H and O–H groups in total. The highest BCUT2D eigenvalue weighted by Gasteiger charge is 2.26. The van der Waals surface area contributed by atoms with E-state index in [1.807, 2.05) is 0 Å². The summed E-state index contributed by atoms with van der Waals surface area (Å²) < 4.78 is 66.9. The zero-order chi connectivity index (χ0) is 17.1. The van der Waals surface area contributed by atoms with Crippen molar-refractivity contribution in [3.05, 3.63) is 76.1 Å². The molecule has 6 heteroatoms. The van der Waals surface area contributed by atoms with Crippen molar-refractivity contribution in [2.75, 3.05) is 0 Å². The molecule has 0 bridgehead atoms. The first-order valence-electron chi connectivity index (χ1n) is 6.59. The van der Waals surface area contributed by atoms with Gasteiger partial charge >= 0.3 is 0 Å². The van der Waals surface area contributed by atoms with Crippen molar-refractivity contribution in [2.45, 2.75) is 13.3 Å². The number of halogens is 5. The van der Waals surface area contributed by atoms with E-state index in [0.717, 1.165) is 6.92 Å². The maximum atomic E-state index is 13.7. The van der Waals surface area contributed by atoms with Gasteiger partial charge in [0.2, 0.25) is 5.82 Å². The maximum Gasteiger partial charge on any atom is 0.200 e. The summed E-state index contributed by atoms with van der Waals surface area (Å²) >= 11 is 0. The Morgan fingerprint density at radius 3 is 1.83 bits per heavy atom. The number of hydrogen-bond donors (Lipinski definition) is 0. The zero-order valence-electron chi connectivity index (χ0n) is 12.0. The van der Waals surface area contributed by atoms with Crippen molar-refractivity contribution in [1.29, 1.82) is 0 Å². The van der Waals surface area contributed by atoms with E-state index in [4.69, 9.17) is 0 Å². The van der Waals surface area contributed by atoms with Crippen LogP contribution in [-0.2, 0) is 11.2 Å². The first-order valence-corrected chi connectivity index (χ1v) is 6.59. The Hall–Kier alpha value is -2.50. The summed E-state index contributed by atoms with van der Waals surface area (Å²) in [6, 6.07) is 8.38. The molecular formula is C17H11F5O. The molecule has 0 aliphatic rings. The van der Waals surface area contributed by atoms with Gasteiger partial charge in [-0.05, 0) is 24.1 Å². The van der Waals surface area contributed by atoms with Crippen LogP contribution in [-0.4, -0.2) is 5.78 Å². The smallest absolute Gasteiger partial charge is 0.200 e. The van der Waals surface area contributed by atoms with Crippen molar-refractivity contribution in [1.82, 2.24) is 0 Å². The summed E-state index contributed by atoms with van der Waals surface area (Å²) in [7, 11) is 0. The molecule has 0 amide bonds. The number of hydrogen-bond acceptors (Lipinski definition) is 1. The summed E-state index contributed by atoms with van der Waals surface area (Å²) in [6.07, 6.45) is 0.649. The number of rotatable bonds is 4. The molecule has 1 nitrogen and oxygen atoms in total. The molecule has 2 rings (SSSR count). The molecule has 0 aliphatic heterocycles. The molecule has 2 aromatic rings. The monoisotopic (exact) mass is 326 g/mol. The van der Waals surface area contributed by atoms with Crippen molar-refractivity contribution >= 4 is 11.9 Å². The minimum Gasteiger partial charge on any atom is -0.295 e. The summed E-state index contributed by atoms with van der Waals surface area (Å²) in [5, 5.41) is 0. The van der Waals surface area contributed by atoms with Crippen molar-refractivity contribution in [2.24, 2.45) is 0 Å². The largest absolute Gasteiger partial charge is 0.295 e. The predicted molar refractivity (Wildman–Crippen MR) is 75.0 cm³/mol. The van der Waals surface area contributed by atoms with E-state index in [-0.39, 0.29) is 5.57 Å². The lowest BCUT2D eigenvalue weighted by molar-refractivity contribution is -0.113. The van der Waals surface area contributed by atoms with Crippen LogP contribution >= 0.6 is 0 Å². The molecule has 23 heavy (non-hydrogen) atoms. The van der Waals surface area contributed by atoms with E-state index in [0.29, 0.717) is 5.56 Å². The van der Waals surface area contributed by atoms with E-state index in [1.54, 1.807) is 30.3 Å². The Labute approximate surface area is 129 Å². The van der Waals surface area contributed by atoms with E-state index in [9.17, 15) is 26.7 Å². The molecule has 0 saturated carbocycles. The van der Waals surface area contributed by atoms with Crippen LogP contribution in [0.1, 0.15) is 18.1 Å². The summed E-state index contributed by atoms with van der Waals surface area (Å²) in [6.45, 7) is 1.15. The molecule has 0 spiro atoms. The van der Waals surface area contributed by atoms with Crippen LogP contribution in [0.2, 0.25) is 0 Å². The predicted octanol–water partition coefficient (Wildman–Crippen LogP) is 4.60. The third-order valence-corrected chi connectivity index (χ3v) is 3.26. The molecule has 120 valence electrons. The summed E-state index contributed by atoms with van der Waals surface area (Å²) in [5.41, 5.74) is -0.528. The highest BCUT2D eigenvalue weighted by molar-refractivity contribution is 5.98. The number of allylic oxidation sites excluding steroid dienone is 1. The van der Waals surface area contributed by atoms with Gasteiger partial charge in [-0.1, -0.05) is 30.3 Å². The number of benzene rings is 2. The van der Waals surface area contributed by atoms with Gasteiger partial charge in [0, 0.05) is 12.0 Å². The van der Waals surface area contributed by atoms with Crippen LogP contribution in [0.5, 0.6) is 0 Å². The van der Waals surface area contributed by atoms with Gasteiger partial charge in [0.15, 0.2) is 29.1 Å². The lowest BCUT2D eigenvalue weighted by Gasteiger charge is -2.09.